The number of hydrogen-bond donors (Lipinski definition) is 3. The minimum Gasteiger partial charge on any atom is -0.447 e. The monoisotopic (exact) mass is 406 g/mol. The Hall–Kier alpha value is -3.68. The Morgan fingerprint density at radius 3 is 2.57 bits per heavy atom. The smallest absolute Gasteiger partial charge is 0.308 e. The highest BCUT2D eigenvalue weighted by molar-refractivity contribution is 6.04. The fourth-order valence-electron chi connectivity index (χ4n) is 3.09. The predicted molar refractivity (Wildman–Crippen MR) is 109 cm³/mol. The SMILES string of the molecule is O=C(CCNC(=O)c1n[nH]c2ccccc12)OC(C(=O)NC1CC1)c1ccccc1. The fourth-order valence-corrected chi connectivity index (χ4v) is 3.09. The van der Waals surface area contributed by atoms with Gasteiger partial charge in [-0.25, -0.2) is 0 Å². The molecule has 4 rings (SSSR count). The summed E-state index contributed by atoms with van der Waals surface area (Å²) in [6.45, 7) is 0.0740. The molecule has 2 aromatic carbocycles. The van der Waals surface area contributed by atoms with Crippen molar-refractivity contribution in [2.24, 2.45) is 0 Å². The maximum atomic E-state index is 12.5. The zero-order chi connectivity index (χ0) is 20.9. The number of hydrogen-bond acceptors (Lipinski definition) is 5. The normalized spacial score (nSPS) is 14.1. The number of rotatable bonds is 8. The third-order valence-electron chi connectivity index (χ3n) is 4.81. The summed E-state index contributed by atoms with van der Waals surface area (Å²) < 4.78 is 5.45. The fraction of sp³-hybridized carbons (Fsp3) is 0.273. The van der Waals surface area contributed by atoms with Crippen molar-refractivity contribution in [2.75, 3.05) is 6.54 Å². The predicted octanol–water partition coefficient (Wildman–Crippen LogP) is 2.25. The summed E-state index contributed by atoms with van der Waals surface area (Å²) in [6.07, 6.45) is 0.809. The number of nitrogens with one attached hydrogen (secondary N) is 3. The summed E-state index contributed by atoms with van der Waals surface area (Å²) in [5, 5.41) is 13.1. The Bertz CT molecular complexity index is 1060. The van der Waals surface area contributed by atoms with Crippen LogP contribution in [0.1, 0.15) is 41.4 Å². The van der Waals surface area contributed by atoms with Crippen molar-refractivity contribution in [1.29, 1.82) is 0 Å². The quantitative estimate of drug-likeness (QED) is 0.497. The van der Waals surface area contributed by atoms with Gasteiger partial charge in [0.1, 0.15) is 0 Å². The zero-order valence-electron chi connectivity index (χ0n) is 16.3. The van der Waals surface area contributed by atoms with Gasteiger partial charge in [0.25, 0.3) is 11.8 Å². The van der Waals surface area contributed by atoms with Crippen LogP contribution in [0.25, 0.3) is 10.9 Å². The molecule has 0 radical (unpaired) electrons. The van der Waals surface area contributed by atoms with Crippen LogP contribution in [0.15, 0.2) is 54.6 Å². The number of amides is 2. The zero-order valence-corrected chi connectivity index (χ0v) is 16.3. The number of esters is 1. The van der Waals surface area contributed by atoms with Crippen molar-refractivity contribution in [3.63, 3.8) is 0 Å². The van der Waals surface area contributed by atoms with E-state index in [-0.39, 0.29) is 36.5 Å². The van der Waals surface area contributed by atoms with Crippen LogP contribution in [-0.4, -0.2) is 40.6 Å². The molecule has 30 heavy (non-hydrogen) atoms. The average Bonchev–Trinajstić information content (AvgIpc) is 3.47. The summed E-state index contributed by atoms with van der Waals surface area (Å²) in [7, 11) is 0. The lowest BCUT2D eigenvalue weighted by Gasteiger charge is -2.18. The second kappa shape index (κ2) is 8.77. The van der Waals surface area contributed by atoms with E-state index in [0.717, 1.165) is 18.4 Å². The number of carbonyl (C=O) groups excluding carboxylic acids is 3. The molecule has 1 saturated carbocycles. The molecule has 1 aliphatic rings. The number of nitrogens with zero attached hydrogens (tertiary/aromatic N) is 1. The lowest BCUT2D eigenvalue weighted by atomic mass is 10.1. The Morgan fingerprint density at radius 1 is 1.07 bits per heavy atom. The molecule has 0 spiro atoms. The molecular weight excluding hydrogens is 384 g/mol. The lowest BCUT2D eigenvalue weighted by Crippen LogP contribution is -2.34. The van der Waals surface area contributed by atoms with E-state index >= 15 is 0 Å². The molecule has 1 unspecified atom stereocenters. The second-order valence-electron chi connectivity index (χ2n) is 7.19. The van der Waals surface area contributed by atoms with Crippen molar-refractivity contribution >= 4 is 28.7 Å². The Labute approximate surface area is 173 Å². The van der Waals surface area contributed by atoms with Crippen LogP contribution in [-0.2, 0) is 14.3 Å². The van der Waals surface area contributed by atoms with Gasteiger partial charge in [-0.3, -0.25) is 19.5 Å². The molecule has 1 aliphatic carbocycles. The first-order chi connectivity index (χ1) is 14.6. The van der Waals surface area contributed by atoms with Crippen molar-refractivity contribution in [1.82, 2.24) is 20.8 Å². The Kier molecular flexibility index (Phi) is 5.74. The van der Waals surface area contributed by atoms with Crippen LogP contribution in [0.2, 0.25) is 0 Å². The maximum absolute atomic E-state index is 12.5. The molecule has 1 atom stereocenters. The van der Waals surface area contributed by atoms with E-state index in [9.17, 15) is 14.4 Å². The van der Waals surface area contributed by atoms with Crippen LogP contribution in [0.5, 0.6) is 0 Å². The number of aromatic amines is 1. The Balaban J connectivity index is 1.33. The Morgan fingerprint density at radius 2 is 1.80 bits per heavy atom. The molecule has 0 saturated heterocycles. The molecule has 1 fully saturated rings. The van der Waals surface area contributed by atoms with Gasteiger partial charge in [0.2, 0.25) is 6.10 Å². The van der Waals surface area contributed by atoms with E-state index in [2.05, 4.69) is 20.8 Å². The van der Waals surface area contributed by atoms with Crippen LogP contribution in [0, 0.1) is 0 Å². The van der Waals surface area contributed by atoms with Gasteiger partial charge in [-0.15, -0.1) is 0 Å². The van der Waals surface area contributed by atoms with Crippen LogP contribution < -0.4 is 10.6 Å². The molecule has 3 N–H and O–H groups in total. The molecule has 1 aromatic heterocycles. The molecule has 2 amide bonds. The highest BCUT2D eigenvalue weighted by Crippen LogP contribution is 2.23. The van der Waals surface area contributed by atoms with Gasteiger partial charge in [-0.05, 0) is 18.9 Å². The van der Waals surface area contributed by atoms with Gasteiger partial charge in [0.15, 0.2) is 5.69 Å². The third kappa shape index (κ3) is 4.65. The first kappa shape index (κ1) is 19.6. The molecule has 0 aliphatic heterocycles. The van der Waals surface area contributed by atoms with E-state index in [1.807, 2.05) is 24.3 Å². The standard InChI is InChI=1S/C22H22N4O4/c27-18(12-13-23-21(28)19-16-8-4-5-9-17(16)25-26-19)30-20(14-6-2-1-3-7-14)22(29)24-15-10-11-15/h1-9,15,20H,10-13H2,(H,23,28)(H,24,29)(H,25,26). The summed E-state index contributed by atoms with van der Waals surface area (Å²) in [4.78, 5) is 37.2. The average molecular weight is 406 g/mol. The largest absolute Gasteiger partial charge is 0.447 e. The third-order valence-corrected chi connectivity index (χ3v) is 4.81. The highest BCUT2D eigenvalue weighted by Gasteiger charge is 2.30. The van der Waals surface area contributed by atoms with Crippen molar-refractivity contribution in [3.8, 4) is 0 Å². The minimum atomic E-state index is -1.01. The minimum absolute atomic E-state index is 0.0614. The van der Waals surface area contributed by atoms with Crippen LogP contribution >= 0.6 is 0 Å². The van der Waals surface area contributed by atoms with Crippen LogP contribution in [0.4, 0.5) is 0 Å². The summed E-state index contributed by atoms with van der Waals surface area (Å²) in [5.74, 6) is -1.28. The number of benzene rings is 2. The number of para-hydroxylation sites is 1. The highest BCUT2D eigenvalue weighted by atomic mass is 16.5. The van der Waals surface area contributed by atoms with Crippen LogP contribution in [0.3, 0.4) is 0 Å². The van der Waals surface area contributed by atoms with Gasteiger partial charge in [0.05, 0.1) is 11.9 Å². The van der Waals surface area contributed by atoms with Crippen molar-refractivity contribution in [3.05, 3.63) is 65.9 Å². The summed E-state index contributed by atoms with van der Waals surface area (Å²) in [6, 6.07) is 16.3. The van der Waals surface area contributed by atoms with E-state index in [4.69, 9.17) is 4.74 Å². The molecular formula is C22H22N4O4. The number of fused-ring (bicyclic) bond motifs is 1. The van der Waals surface area contributed by atoms with Gasteiger partial charge in [0, 0.05) is 23.5 Å². The van der Waals surface area contributed by atoms with Gasteiger partial charge >= 0.3 is 5.97 Å². The molecule has 1 heterocycles. The molecule has 3 aromatic rings. The summed E-state index contributed by atoms with van der Waals surface area (Å²) in [5.41, 5.74) is 1.63. The van der Waals surface area contributed by atoms with Crippen molar-refractivity contribution in [2.45, 2.75) is 31.4 Å². The van der Waals surface area contributed by atoms with Gasteiger partial charge in [-0.2, -0.15) is 5.10 Å². The number of H-pyrrole nitrogens is 1. The first-order valence-corrected chi connectivity index (χ1v) is 9.88. The first-order valence-electron chi connectivity index (χ1n) is 9.88. The summed E-state index contributed by atoms with van der Waals surface area (Å²) >= 11 is 0. The maximum Gasteiger partial charge on any atom is 0.308 e. The van der Waals surface area contributed by atoms with E-state index in [1.54, 1.807) is 30.3 Å². The van der Waals surface area contributed by atoms with E-state index < -0.39 is 12.1 Å². The second-order valence-corrected chi connectivity index (χ2v) is 7.19. The number of ether oxygens (including phenoxy) is 1. The number of aromatic nitrogens is 2. The molecule has 8 heteroatoms. The molecule has 154 valence electrons. The van der Waals surface area contributed by atoms with E-state index in [1.165, 1.54) is 0 Å². The van der Waals surface area contributed by atoms with Gasteiger partial charge in [-0.1, -0.05) is 48.5 Å². The number of carbonyl (C=O) groups is 3. The lowest BCUT2D eigenvalue weighted by molar-refractivity contribution is -0.156. The van der Waals surface area contributed by atoms with Gasteiger partial charge < -0.3 is 15.4 Å². The van der Waals surface area contributed by atoms with Crippen molar-refractivity contribution < 1.29 is 19.1 Å². The molecule has 0 bridgehead atoms. The molecule has 8 nitrogen and oxygen atoms in total. The topological polar surface area (TPSA) is 113 Å². The van der Waals surface area contributed by atoms with E-state index in [0.29, 0.717) is 10.9 Å².